The molecule has 1 aromatic heterocycles. The first-order valence-corrected chi connectivity index (χ1v) is 5.22. The molecule has 0 saturated heterocycles. The van der Waals surface area contributed by atoms with Gasteiger partial charge in [0, 0.05) is 11.3 Å². The number of aromatic nitrogens is 2. The summed E-state index contributed by atoms with van der Waals surface area (Å²) < 4.78 is 13.3. The average molecular weight is 246 g/mol. The molecule has 92 valence electrons. The van der Waals surface area contributed by atoms with Crippen LogP contribution in [-0.2, 0) is 0 Å². The van der Waals surface area contributed by atoms with Gasteiger partial charge in [-0.3, -0.25) is 9.78 Å². The highest BCUT2D eigenvalue weighted by Gasteiger charge is 2.11. The van der Waals surface area contributed by atoms with Gasteiger partial charge in [-0.2, -0.15) is 0 Å². The molecule has 2 rings (SSSR count). The van der Waals surface area contributed by atoms with E-state index in [0.29, 0.717) is 11.3 Å². The standard InChI is InChI=1S/C12H11FN4O/c1-7-8(13)3-2-4-9(7)17-12(18)10-5-15-6-11(14)16-10/h2-6H,1H3,(H2,14,16)(H,17,18). The molecule has 0 spiro atoms. The smallest absolute Gasteiger partial charge is 0.275 e. The van der Waals surface area contributed by atoms with Crippen molar-refractivity contribution < 1.29 is 9.18 Å². The molecule has 0 atom stereocenters. The number of nitrogens with zero attached hydrogens (tertiary/aromatic N) is 2. The van der Waals surface area contributed by atoms with Crippen molar-refractivity contribution in [3.8, 4) is 0 Å². The molecule has 1 amide bonds. The van der Waals surface area contributed by atoms with Crippen LogP contribution < -0.4 is 11.1 Å². The van der Waals surface area contributed by atoms with Crippen LogP contribution in [0.15, 0.2) is 30.6 Å². The molecule has 0 aliphatic rings. The molecule has 1 aromatic carbocycles. The SMILES string of the molecule is Cc1c(F)cccc1NC(=O)c1cncc(N)n1. The Morgan fingerprint density at radius 2 is 2.17 bits per heavy atom. The van der Waals surface area contributed by atoms with E-state index in [4.69, 9.17) is 5.73 Å². The zero-order valence-electron chi connectivity index (χ0n) is 9.64. The lowest BCUT2D eigenvalue weighted by atomic mass is 10.2. The molecule has 0 aliphatic carbocycles. The van der Waals surface area contributed by atoms with Crippen molar-refractivity contribution in [1.29, 1.82) is 0 Å². The van der Waals surface area contributed by atoms with E-state index < -0.39 is 5.91 Å². The number of nitrogens with two attached hydrogens (primary N) is 1. The monoisotopic (exact) mass is 246 g/mol. The van der Waals surface area contributed by atoms with E-state index in [9.17, 15) is 9.18 Å². The highest BCUT2D eigenvalue weighted by Crippen LogP contribution is 2.17. The first-order chi connectivity index (χ1) is 8.58. The van der Waals surface area contributed by atoms with E-state index in [-0.39, 0.29) is 17.3 Å². The summed E-state index contributed by atoms with van der Waals surface area (Å²) in [5.41, 5.74) is 6.27. The summed E-state index contributed by atoms with van der Waals surface area (Å²) >= 11 is 0. The van der Waals surface area contributed by atoms with Gasteiger partial charge < -0.3 is 11.1 Å². The second kappa shape index (κ2) is 4.79. The van der Waals surface area contributed by atoms with Crippen LogP contribution in [0, 0.1) is 12.7 Å². The predicted molar refractivity (Wildman–Crippen MR) is 65.5 cm³/mol. The number of hydrogen-bond donors (Lipinski definition) is 2. The molecule has 1 heterocycles. The fourth-order valence-electron chi connectivity index (χ4n) is 1.42. The molecule has 18 heavy (non-hydrogen) atoms. The predicted octanol–water partition coefficient (Wildman–Crippen LogP) is 1.76. The van der Waals surface area contributed by atoms with E-state index >= 15 is 0 Å². The van der Waals surface area contributed by atoms with Crippen molar-refractivity contribution in [1.82, 2.24) is 9.97 Å². The summed E-state index contributed by atoms with van der Waals surface area (Å²) in [5, 5.41) is 2.56. The zero-order valence-corrected chi connectivity index (χ0v) is 9.64. The second-order valence-corrected chi connectivity index (χ2v) is 3.70. The van der Waals surface area contributed by atoms with Crippen LogP contribution in [0.2, 0.25) is 0 Å². The largest absolute Gasteiger partial charge is 0.382 e. The number of anilines is 2. The third-order valence-corrected chi connectivity index (χ3v) is 2.40. The fourth-order valence-corrected chi connectivity index (χ4v) is 1.42. The van der Waals surface area contributed by atoms with Gasteiger partial charge in [0.25, 0.3) is 5.91 Å². The Bertz CT molecular complexity index is 600. The number of benzene rings is 1. The molecule has 0 fully saturated rings. The Balaban J connectivity index is 2.24. The Morgan fingerprint density at radius 1 is 1.39 bits per heavy atom. The lowest BCUT2D eigenvalue weighted by molar-refractivity contribution is 0.102. The molecule has 6 heteroatoms. The van der Waals surface area contributed by atoms with Crippen LogP contribution in [0.1, 0.15) is 16.1 Å². The summed E-state index contributed by atoms with van der Waals surface area (Å²) in [6.07, 6.45) is 2.63. The van der Waals surface area contributed by atoms with Crippen LogP contribution in [-0.4, -0.2) is 15.9 Å². The number of halogens is 1. The first kappa shape index (κ1) is 12.0. The third kappa shape index (κ3) is 2.42. The third-order valence-electron chi connectivity index (χ3n) is 2.40. The molecule has 0 bridgehead atoms. The van der Waals surface area contributed by atoms with Gasteiger partial charge in [0.05, 0.1) is 12.4 Å². The fraction of sp³-hybridized carbons (Fsp3) is 0.0833. The molecule has 0 radical (unpaired) electrons. The van der Waals surface area contributed by atoms with Crippen molar-refractivity contribution in [2.75, 3.05) is 11.1 Å². The number of carbonyl (C=O) groups is 1. The highest BCUT2D eigenvalue weighted by molar-refractivity contribution is 6.03. The van der Waals surface area contributed by atoms with Crippen LogP contribution in [0.4, 0.5) is 15.9 Å². The molecular weight excluding hydrogens is 235 g/mol. The Morgan fingerprint density at radius 3 is 2.89 bits per heavy atom. The van der Waals surface area contributed by atoms with Crippen molar-refractivity contribution in [3.05, 3.63) is 47.7 Å². The number of amides is 1. The van der Waals surface area contributed by atoms with E-state index in [1.54, 1.807) is 13.0 Å². The van der Waals surface area contributed by atoms with Crippen molar-refractivity contribution >= 4 is 17.4 Å². The number of carbonyl (C=O) groups excluding carboxylic acids is 1. The molecule has 0 aliphatic heterocycles. The maximum atomic E-state index is 13.3. The molecule has 2 aromatic rings. The number of nitrogens with one attached hydrogen (secondary N) is 1. The minimum Gasteiger partial charge on any atom is -0.382 e. The number of hydrogen-bond acceptors (Lipinski definition) is 4. The zero-order chi connectivity index (χ0) is 13.1. The quantitative estimate of drug-likeness (QED) is 0.846. The Hall–Kier alpha value is -2.50. The normalized spacial score (nSPS) is 10.1. The van der Waals surface area contributed by atoms with E-state index in [0.717, 1.165) is 0 Å². The van der Waals surface area contributed by atoms with Gasteiger partial charge in [-0.1, -0.05) is 6.07 Å². The average Bonchev–Trinajstić information content (AvgIpc) is 2.35. The van der Waals surface area contributed by atoms with Gasteiger partial charge in [-0.25, -0.2) is 9.37 Å². The molecule has 0 saturated carbocycles. The minimum absolute atomic E-state index is 0.0821. The highest BCUT2D eigenvalue weighted by atomic mass is 19.1. The maximum absolute atomic E-state index is 13.3. The topological polar surface area (TPSA) is 80.9 Å². The molecular formula is C12H11FN4O. The van der Waals surface area contributed by atoms with Crippen LogP contribution >= 0.6 is 0 Å². The Labute approximate surface area is 103 Å². The van der Waals surface area contributed by atoms with Gasteiger partial charge >= 0.3 is 0 Å². The summed E-state index contributed by atoms with van der Waals surface area (Å²) in [7, 11) is 0. The summed E-state index contributed by atoms with van der Waals surface area (Å²) in [6, 6.07) is 4.45. The van der Waals surface area contributed by atoms with Crippen molar-refractivity contribution in [3.63, 3.8) is 0 Å². The minimum atomic E-state index is -0.483. The van der Waals surface area contributed by atoms with E-state index in [1.807, 2.05) is 0 Å². The second-order valence-electron chi connectivity index (χ2n) is 3.70. The summed E-state index contributed by atoms with van der Waals surface area (Å²) in [4.78, 5) is 19.4. The number of nitrogen functional groups attached to an aromatic ring is 1. The van der Waals surface area contributed by atoms with Gasteiger partial charge in [0.1, 0.15) is 17.3 Å². The van der Waals surface area contributed by atoms with E-state index in [2.05, 4.69) is 15.3 Å². The van der Waals surface area contributed by atoms with Gasteiger partial charge in [0.2, 0.25) is 0 Å². The maximum Gasteiger partial charge on any atom is 0.275 e. The first-order valence-electron chi connectivity index (χ1n) is 5.22. The lowest BCUT2D eigenvalue weighted by Crippen LogP contribution is -2.15. The van der Waals surface area contributed by atoms with Gasteiger partial charge in [-0.05, 0) is 19.1 Å². The molecule has 0 unspecified atom stereocenters. The molecule has 5 nitrogen and oxygen atoms in total. The summed E-state index contributed by atoms with van der Waals surface area (Å²) in [6.45, 7) is 1.58. The molecule has 3 N–H and O–H groups in total. The van der Waals surface area contributed by atoms with Crippen LogP contribution in [0.3, 0.4) is 0 Å². The van der Waals surface area contributed by atoms with Crippen LogP contribution in [0.5, 0.6) is 0 Å². The Kier molecular flexibility index (Phi) is 3.18. The van der Waals surface area contributed by atoms with Crippen LogP contribution in [0.25, 0.3) is 0 Å². The number of rotatable bonds is 2. The van der Waals surface area contributed by atoms with Crippen molar-refractivity contribution in [2.45, 2.75) is 6.92 Å². The van der Waals surface area contributed by atoms with Gasteiger partial charge in [-0.15, -0.1) is 0 Å². The van der Waals surface area contributed by atoms with E-state index in [1.165, 1.54) is 24.5 Å². The lowest BCUT2D eigenvalue weighted by Gasteiger charge is -2.08. The summed E-state index contributed by atoms with van der Waals surface area (Å²) in [5.74, 6) is -0.714. The van der Waals surface area contributed by atoms with Crippen molar-refractivity contribution in [2.24, 2.45) is 0 Å². The van der Waals surface area contributed by atoms with Gasteiger partial charge in [0.15, 0.2) is 0 Å².